The number of carbonyl (C=O) groups is 1. The monoisotopic (exact) mass is 363 g/mol. The van der Waals surface area contributed by atoms with Gasteiger partial charge < -0.3 is 10.6 Å². The second-order valence-electron chi connectivity index (χ2n) is 5.95. The first kappa shape index (κ1) is 17.4. The molecule has 0 bridgehead atoms. The first-order valence-electron chi connectivity index (χ1n) is 7.98. The number of aryl methyl sites for hydroxylation is 1. The lowest BCUT2D eigenvalue weighted by Gasteiger charge is -2.19. The second-order valence-corrected chi connectivity index (χ2v) is 7.96. The minimum absolute atomic E-state index is 0.159. The van der Waals surface area contributed by atoms with Crippen molar-refractivity contribution in [3.05, 3.63) is 42.2 Å². The summed E-state index contributed by atoms with van der Waals surface area (Å²) < 4.78 is 27.1. The summed E-state index contributed by atoms with van der Waals surface area (Å²) in [6, 6.07) is 6.33. The van der Waals surface area contributed by atoms with Gasteiger partial charge in [0.05, 0.1) is 17.6 Å². The number of benzene rings is 1. The second kappa shape index (κ2) is 6.85. The Kier molecular flexibility index (Phi) is 4.78. The van der Waals surface area contributed by atoms with Crippen LogP contribution in [0.25, 0.3) is 0 Å². The molecule has 0 radical (unpaired) electrons. The molecule has 1 aromatic carbocycles. The normalized spacial score (nSPS) is 17.4. The third-order valence-electron chi connectivity index (χ3n) is 4.11. The van der Waals surface area contributed by atoms with Crippen LogP contribution in [0.1, 0.15) is 18.0 Å². The summed E-state index contributed by atoms with van der Waals surface area (Å²) in [6.45, 7) is 0.467. The van der Waals surface area contributed by atoms with Crippen LogP contribution in [0.2, 0.25) is 0 Å². The van der Waals surface area contributed by atoms with Crippen LogP contribution >= 0.6 is 0 Å². The van der Waals surface area contributed by atoms with Crippen molar-refractivity contribution in [2.75, 3.05) is 29.0 Å². The summed E-state index contributed by atoms with van der Waals surface area (Å²) in [6.07, 6.45) is 4.02. The Bertz CT molecular complexity index is 877. The van der Waals surface area contributed by atoms with Crippen molar-refractivity contribution in [1.29, 1.82) is 0 Å². The van der Waals surface area contributed by atoms with Crippen LogP contribution in [-0.2, 0) is 21.9 Å². The van der Waals surface area contributed by atoms with Gasteiger partial charge in [-0.1, -0.05) is 6.07 Å². The minimum Gasteiger partial charge on any atom is -0.324 e. The van der Waals surface area contributed by atoms with Crippen LogP contribution in [0, 0.1) is 0 Å². The highest BCUT2D eigenvalue weighted by molar-refractivity contribution is 7.93. The molecule has 1 aliphatic rings. The zero-order chi connectivity index (χ0) is 18.0. The smallest absolute Gasteiger partial charge is 0.246 e. The largest absolute Gasteiger partial charge is 0.324 e. The van der Waals surface area contributed by atoms with E-state index in [2.05, 4.69) is 15.7 Å². The van der Waals surface area contributed by atoms with Gasteiger partial charge in [0.1, 0.15) is 6.04 Å². The molecule has 25 heavy (non-hydrogen) atoms. The first-order chi connectivity index (χ1) is 11.9. The Morgan fingerprint density at radius 1 is 1.36 bits per heavy atom. The molecule has 8 nitrogen and oxygen atoms in total. The number of rotatable bonds is 5. The van der Waals surface area contributed by atoms with E-state index in [1.807, 2.05) is 0 Å². The molecule has 1 saturated heterocycles. The van der Waals surface area contributed by atoms with Crippen molar-refractivity contribution in [1.82, 2.24) is 15.1 Å². The maximum atomic E-state index is 12.6. The number of nitrogens with one attached hydrogen (secondary N) is 2. The van der Waals surface area contributed by atoms with Crippen molar-refractivity contribution >= 4 is 27.3 Å². The molecule has 3 rings (SSSR count). The summed E-state index contributed by atoms with van der Waals surface area (Å²) in [4.78, 5) is 12.6. The van der Waals surface area contributed by atoms with E-state index in [1.165, 1.54) is 4.31 Å². The average Bonchev–Trinajstić information content (AvgIpc) is 3.13. The number of sulfonamides is 1. The maximum Gasteiger partial charge on any atom is 0.246 e. The SMILES string of the molecule is CNC(C(=O)Nc1cccc(N2CCCS2(=O)=O)c1)c1cnn(C)c1. The van der Waals surface area contributed by atoms with Gasteiger partial charge in [-0.15, -0.1) is 0 Å². The van der Waals surface area contributed by atoms with Crippen LogP contribution in [0.5, 0.6) is 0 Å². The van der Waals surface area contributed by atoms with Gasteiger partial charge in [-0.3, -0.25) is 13.8 Å². The van der Waals surface area contributed by atoms with Crippen LogP contribution in [0.3, 0.4) is 0 Å². The van der Waals surface area contributed by atoms with E-state index in [1.54, 1.807) is 55.4 Å². The van der Waals surface area contributed by atoms with Gasteiger partial charge in [0.2, 0.25) is 15.9 Å². The van der Waals surface area contributed by atoms with Crippen molar-refractivity contribution in [3.8, 4) is 0 Å². The fourth-order valence-corrected chi connectivity index (χ4v) is 4.48. The predicted molar refractivity (Wildman–Crippen MR) is 95.8 cm³/mol. The third kappa shape index (κ3) is 3.67. The number of likely N-dealkylation sites (N-methyl/N-ethyl adjacent to an activating group) is 1. The van der Waals surface area contributed by atoms with Crippen LogP contribution in [0.15, 0.2) is 36.7 Å². The van der Waals surface area contributed by atoms with Gasteiger partial charge in [-0.2, -0.15) is 5.10 Å². The molecule has 134 valence electrons. The average molecular weight is 363 g/mol. The van der Waals surface area contributed by atoms with E-state index in [0.29, 0.717) is 24.3 Å². The summed E-state index contributed by atoms with van der Waals surface area (Å²) in [5.74, 6) is -0.0798. The number of hydrogen-bond donors (Lipinski definition) is 2. The van der Waals surface area contributed by atoms with Crippen molar-refractivity contribution in [2.24, 2.45) is 7.05 Å². The number of nitrogens with zero attached hydrogens (tertiary/aromatic N) is 3. The molecule has 0 aliphatic carbocycles. The van der Waals surface area contributed by atoms with Crippen LogP contribution in [-0.4, -0.2) is 43.5 Å². The molecule has 9 heteroatoms. The topological polar surface area (TPSA) is 96.3 Å². The number of carbonyl (C=O) groups excluding carboxylic acids is 1. The molecule has 2 heterocycles. The zero-order valence-corrected chi connectivity index (χ0v) is 15.0. The van der Waals surface area contributed by atoms with E-state index in [9.17, 15) is 13.2 Å². The van der Waals surface area contributed by atoms with Gasteiger partial charge in [0.15, 0.2) is 0 Å². The molecular formula is C16H21N5O3S. The summed E-state index contributed by atoms with van der Waals surface area (Å²) in [5.41, 5.74) is 1.87. The Balaban J connectivity index is 1.78. The molecule has 1 atom stereocenters. The standard InChI is InChI=1S/C16H21N5O3S/c1-17-15(12-10-18-20(2)11-12)16(22)19-13-5-3-6-14(9-13)21-7-4-8-25(21,23)24/h3,5-6,9-11,15,17H,4,7-8H2,1-2H3,(H,19,22). The summed E-state index contributed by atoms with van der Waals surface area (Å²) in [5, 5.41) is 9.88. The van der Waals surface area contributed by atoms with Gasteiger partial charge in [0, 0.05) is 31.0 Å². The Morgan fingerprint density at radius 2 is 2.16 bits per heavy atom. The Morgan fingerprint density at radius 3 is 2.76 bits per heavy atom. The van der Waals surface area contributed by atoms with Gasteiger partial charge in [-0.05, 0) is 31.7 Å². The van der Waals surface area contributed by atoms with Gasteiger partial charge in [0.25, 0.3) is 0 Å². The molecule has 1 fully saturated rings. The molecule has 1 aromatic heterocycles. The number of anilines is 2. The fourth-order valence-electron chi connectivity index (χ4n) is 2.92. The number of amides is 1. The summed E-state index contributed by atoms with van der Waals surface area (Å²) in [7, 11) is 0.235. The molecule has 0 saturated carbocycles. The minimum atomic E-state index is -3.25. The Hall–Kier alpha value is -2.39. The van der Waals surface area contributed by atoms with Crippen molar-refractivity contribution < 1.29 is 13.2 Å². The molecule has 0 spiro atoms. The maximum absolute atomic E-state index is 12.6. The van der Waals surface area contributed by atoms with E-state index < -0.39 is 16.1 Å². The molecule has 1 unspecified atom stereocenters. The number of hydrogen-bond acceptors (Lipinski definition) is 5. The van der Waals surface area contributed by atoms with E-state index in [-0.39, 0.29) is 11.7 Å². The molecular weight excluding hydrogens is 342 g/mol. The van der Waals surface area contributed by atoms with Gasteiger partial charge in [-0.25, -0.2) is 8.42 Å². The lowest BCUT2D eigenvalue weighted by molar-refractivity contribution is -0.118. The van der Waals surface area contributed by atoms with Crippen molar-refractivity contribution in [2.45, 2.75) is 12.5 Å². The summed E-state index contributed by atoms with van der Waals surface area (Å²) >= 11 is 0. The predicted octanol–water partition coefficient (Wildman–Crippen LogP) is 0.859. The molecule has 2 N–H and O–H groups in total. The highest BCUT2D eigenvalue weighted by atomic mass is 32.2. The highest BCUT2D eigenvalue weighted by Gasteiger charge is 2.28. The third-order valence-corrected chi connectivity index (χ3v) is 5.98. The quantitative estimate of drug-likeness (QED) is 0.821. The van der Waals surface area contributed by atoms with Crippen molar-refractivity contribution in [3.63, 3.8) is 0 Å². The lowest BCUT2D eigenvalue weighted by atomic mass is 10.1. The fraction of sp³-hybridized carbons (Fsp3) is 0.375. The van der Waals surface area contributed by atoms with Crippen LogP contribution in [0.4, 0.5) is 11.4 Å². The van der Waals surface area contributed by atoms with E-state index >= 15 is 0 Å². The number of aromatic nitrogens is 2. The zero-order valence-electron chi connectivity index (χ0n) is 14.1. The molecule has 2 aromatic rings. The first-order valence-corrected chi connectivity index (χ1v) is 9.59. The van der Waals surface area contributed by atoms with Gasteiger partial charge >= 0.3 is 0 Å². The van der Waals surface area contributed by atoms with E-state index in [0.717, 1.165) is 5.56 Å². The van der Waals surface area contributed by atoms with Crippen LogP contribution < -0.4 is 14.9 Å². The molecule has 1 amide bonds. The van der Waals surface area contributed by atoms with E-state index in [4.69, 9.17) is 0 Å². The lowest BCUT2D eigenvalue weighted by Crippen LogP contribution is -2.30. The molecule has 1 aliphatic heterocycles. The Labute approximate surface area is 146 Å². The highest BCUT2D eigenvalue weighted by Crippen LogP contribution is 2.27.